The van der Waals surface area contributed by atoms with Gasteiger partial charge in [-0.15, -0.1) is 0 Å². The van der Waals surface area contributed by atoms with Crippen LogP contribution in [0.5, 0.6) is 5.75 Å². The molecule has 0 radical (unpaired) electrons. The number of benzene rings is 2. The molecule has 0 spiro atoms. The summed E-state index contributed by atoms with van der Waals surface area (Å²) in [6.07, 6.45) is 1.70. The Balaban J connectivity index is 2.12. The number of ether oxygens (including phenoxy) is 1. The summed E-state index contributed by atoms with van der Waals surface area (Å²) < 4.78 is 6.87. The number of fused-ring (bicyclic) bond motifs is 1. The van der Waals surface area contributed by atoms with Crippen LogP contribution in [0.1, 0.15) is 15.9 Å². The molecule has 0 N–H and O–H groups in total. The molecular formula is C17H14N2O4. The molecule has 3 rings (SSSR count). The van der Waals surface area contributed by atoms with E-state index in [9.17, 15) is 14.9 Å². The third kappa shape index (κ3) is 2.55. The van der Waals surface area contributed by atoms with E-state index in [2.05, 4.69) is 0 Å². The van der Waals surface area contributed by atoms with E-state index in [-0.39, 0.29) is 11.5 Å². The number of nitro groups is 1. The van der Waals surface area contributed by atoms with Gasteiger partial charge in [0.15, 0.2) is 5.78 Å². The second kappa shape index (κ2) is 5.57. The van der Waals surface area contributed by atoms with Crippen molar-refractivity contribution in [1.29, 1.82) is 0 Å². The molecule has 0 atom stereocenters. The van der Waals surface area contributed by atoms with E-state index in [1.807, 2.05) is 0 Å². The van der Waals surface area contributed by atoms with Gasteiger partial charge in [-0.25, -0.2) is 0 Å². The van der Waals surface area contributed by atoms with Crippen molar-refractivity contribution in [2.45, 2.75) is 0 Å². The SMILES string of the molecule is COc1ccc(C(=O)c2cn(C)c3ccc([N+](=O)[O-])cc23)cc1. The van der Waals surface area contributed by atoms with E-state index in [1.54, 1.807) is 55.3 Å². The molecule has 23 heavy (non-hydrogen) atoms. The molecule has 116 valence electrons. The zero-order chi connectivity index (χ0) is 16.6. The monoisotopic (exact) mass is 310 g/mol. The molecule has 0 aliphatic heterocycles. The van der Waals surface area contributed by atoms with Crippen LogP contribution in [-0.4, -0.2) is 22.4 Å². The average molecular weight is 310 g/mol. The van der Waals surface area contributed by atoms with Gasteiger partial charge in [0, 0.05) is 47.4 Å². The Bertz CT molecular complexity index is 910. The Morgan fingerprint density at radius 1 is 1.17 bits per heavy atom. The number of ketones is 1. The topological polar surface area (TPSA) is 74.4 Å². The fraction of sp³-hybridized carbons (Fsp3) is 0.118. The molecule has 0 fully saturated rings. The van der Waals surface area contributed by atoms with E-state index in [0.29, 0.717) is 22.3 Å². The molecule has 0 saturated carbocycles. The highest BCUT2D eigenvalue weighted by molar-refractivity contribution is 6.16. The number of hydrogen-bond donors (Lipinski definition) is 0. The van der Waals surface area contributed by atoms with E-state index in [1.165, 1.54) is 12.1 Å². The largest absolute Gasteiger partial charge is 0.497 e. The van der Waals surface area contributed by atoms with Gasteiger partial charge >= 0.3 is 0 Å². The lowest BCUT2D eigenvalue weighted by Crippen LogP contribution is -2.00. The number of rotatable bonds is 4. The number of methoxy groups -OCH3 is 1. The van der Waals surface area contributed by atoms with Crippen LogP contribution in [0.2, 0.25) is 0 Å². The predicted octanol–water partition coefficient (Wildman–Crippen LogP) is 3.33. The Morgan fingerprint density at radius 3 is 2.48 bits per heavy atom. The second-order valence-electron chi connectivity index (χ2n) is 5.17. The fourth-order valence-electron chi connectivity index (χ4n) is 2.57. The Kier molecular flexibility index (Phi) is 3.57. The van der Waals surface area contributed by atoms with Crippen molar-refractivity contribution < 1.29 is 14.5 Å². The number of nitrogens with zero attached hydrogens (tertiary/aromatic N) is 2. The summed E-state index contributed by atoms with van der Waals surface area (Å²) >= 11 is 0. The van der Waals surface area contributed by atoms with Crippen molar-refractivity contribution in [3.63, 3.8) is 0 Å². The van der Waals surface area contributed by atoms with Crippen LogP contribution in [-0.2, 0) is 7.05 Å². The molecule has 6 heteroatoms. The van der Waals surface area contributed by atoms with Gasteiger partial charge in [0.25, 0.3) is 5.69 Å². The first-order valence-corrected chi connectivity index (χ1v) is 6.93. The molecule has 1 heterocycles. The maximum atomic E-state index is 12.7. The van der Waals surface area contributed by atoms with Crippen LogP contribution < -0.4 is 4.74 Å². The maximum Gasteiger partial charge on any atom is 0.270 e. The van der Waals surface area contributed by atoms with Crippen LogP contribution in [0.25, 0.3) is 10.9 Å². The van der Waals surface area contributed by atoms with Crippen LogP contribution >= 0.6 is 0 Å². The number of carbonyl (C=O) groups excluding carboxylic acids is 1. The van der Waals surface area contributed by atoms with Crippen LogP contribution in [0.4, 0.5) is 5.69 Å². The minimum Gasteiger partial charge on any atom is -0.497 e. The van der Waals surface area contributed by atoms with Crippen LogP contribution in [0.3, 0.4) is 0 Å². The first-order chi connectivity index (χ1) is 11.0. The van der Waals surface area contributed by atoms with Gasteiger partial charge < -0.3 is 9.30 Å². The third-order valence-electron chi connectivity index (χ3n) is 3.78. The van der Waals surface area contributed by atoms with Gasteiger partial charge in [0.1, 0.15) is 5.75 Å². The van der Waals surface area contributed by atoms with Crippen molar-refractivity contribution in [3.8, 4) is 5.75 Å². The highest BCUT2D eigenvalue weighted by atomic mass is 16.6. The lowest BCUT2D eigenvalue weighted by atomic mass is 10.0. The lowest BCUT2D eigenvalue weighted by Gasteiger charge is -2.02. The normalized spacial score (nSPS) is 10.7. The fourth-order valence-corrected chi connectivity index (χ4v) is 2.57. The lowest BCUT2D eigenvalue weighted by molar-refractivity contribution is -0.384. The number of aryl methyl sites for hydroxylation is 1. The molecule has 3 aromatic rings. The molecule has 0 saturated heterocycles. The highest BCUT2D eigenvalue weighted by Crippen LogP contribution is 2.27. The van der Waals surface area contributed by atoms with E-state index < -0.39 is 4.92 Å². The van der Waals surface area contributed by atoms with E-state index >= 15 is 0 Å². The second-order valence-corrected chi connectivity index (χ2v) is 5.17. The van der Waals surface area contributed by atoms with Crippen LogP contribution in [0, 0.1) is 10.1 Å². The highest BCUT2D eigenvalue weighted by Gasteiger charge is 2.18. The number of nitro benzene ring substituents is 1. The van der Waals surface area contributed by atoms with Gasteiger partial charge in [-0.1, -0.05) is 0 Å². The Labute approximate surface area is 132 Å². The van der Waals surface area contributed by atoms with Gasteiger partial charge in [-0.3, -0.25) is 14.9 Å². The summed E-state index contributed by atoms with van der Waals surface area (Å²) in [5.41, 5.74) is 1.68. The molecule has 0 amide bonds. The van der Waals surface area contributed by atoms with Crippen molar-refractivity contribution >= 4 is 22.4 Å². The molecule has 1 aromatic heterocycles. The van der Waals surface area contributed by atoms with Gasteiger partial charge in [-0.2, -0.15) is 0 Å². The minimum atomic E-state index is -0.464. The van der Waals surface area contributed by atoms with Crippen LogP contribution in [0.15, 0.2) is 48.7 Å². The van der Waals surface area contributed by atoms with Crippen molar-refractivity contribution in [2.75, 3.05) is 7.11 Å². The quantitative estimate of drug-likeness (QED) is 0.421. The van der Waals surface area contributed by atoms with Gasteiger partial charge in [0.05, 0.1) is 12.0 Å². The first kappa shape index (κ1) is 14.8. The number of aromatic nitrogens is 1. The number of carbonyl (C=O) groups is 1. The molecule has 0 unspecified atom stereocenters. The van der Waals surface area contributed by atoms with Gasteiger partial charge in [0.2, 0.25) is 0 Å². The summed E-state index contributed by atoms with van der Waals surface area (Å²) in [4.78, 5) is 23.2. The summed E-state index contributed by atoms with van der Waals surface area (Å²) in [6, 6.07) is 11.3. The molecule has 2 aromatic carbocycles. The first-order valence-electron chi connectivity index (χ1n) is 6.93. The maximum absolute atomic E-state index is 12.7. The zero-order valence-electron chi connectivity index (χ0n) is 12.6. The average Bonchev–Trinajstić information content (AvgIpc) is 2.90. The van der Waals surface area contributed by atoms with E-state index in [0.717, 1.165) is 5.52 Å². The zero-order valence-corrected chi connectivity index (χ0v) is 12.6. The molecule has 6 nitrogen and oxygen atoms in total. The number of hydrogen-bond acceptors (Lipinski definition) is 4. The molecule has 0 aliphatic carbocycles. The summed E-state index contributed by atoms with van der Waals surface area (Å²) in [7, 11) is 3.36. The third-order valence-corrected chi connectivity index (χ3v) is 3.78. The Hall–Kier alpha value is -3.15. The van der Waals surface area contributed by atoms with Crippen molar-refractivity contribution in [2.24, 2.45) is 7.05 Å². The standard InChI is InChI=1S/C17H14N2O4/c1-18-10-15(14-9-12(19(21)22)5-8-16(14)18)17(20)11-3-6-13(23-2)7-4-11/h3-10H,1-2H3. The summed E-state index contributed by atoms with van der Waals surface area (Å²) in [5.74, 6) is 0.480. The smallest absolute Gasteiger partial charge is 0.270 e. The molecular weight excluding hydrogens is 296 g/mol. The Morgan fingerprint density at radius 2 is 1.87 bits per heavy atom. The predicted molar refractivity (Wildman–Crippen MR) is 86.0 cm³/mol. The van der Waals surface area contributed by atoms with E-state index in [4.69, 9.17) is 4.74 Å². The van der Waals surface area contributed by atoms with Crippen molar-refractivity contribution in [1.82, 2.24) is 4.57 Å². The molecule has 0 aliphatic rings. The molecule has 0 bridgehead atoms. The summed E-state index contributed by atoms with van der Waals surface area (Å²) in [5, 5.41) is 11.5. The van der Waals surface area contributed by atoms with Gasteiger partial charge in [-0.05, 0) is 30.3 Å². The van der Waals surface area contributed by atoms with Crippen molar-refractivity contribution in [3.05, 3.63) is 69.9 Å². The summed E-state index contributed by atoms with van der Waals surface area (Å²) in [6.45, 7) is 0. The number of non-ortho nitro benzene ring substituents is 1. The minimum absolute atomic E-state index is 0.0347.